The maximum Gasteiger partial charge on any atom is 0.338 e. The van der Waals surface area contributed by atoms with Crippen molar-refractivity contribution in [3.8, 4) is 11.5 Å². The molecule has 29 heavy (non-hydrogen) atoms. The number of rotatable bonds is 9. The molecule has 8 nitrogen and oxygen atoms in total. The number of carbonyl (C=O) groups excluding carboxylic acids is 3. The van der Waals surface area contributed by atoms with Crippen LogP contribution in [0.5, 0.6) is 11.5 Å². The molecule has 2 amide bonds. The standard InChI is InChI=1S/C21H24N2O6/c1-3-4-12-28-17-11-10-16(13-18(17)27-2)21(26)29-14-19(24)22-23-20(25)15-8-6-5-7-9-15/h5-11,13H,3-4,12,14H2,1-2H3,(H,22,24)(H,23,25). The minimum absolute atomic E-state index is 0.214. The van der Waals surface area contributed by atoms with Crippen LogP contribution in [0.2, 0.25) is 0 Å². The highest BCUT2D eigenvalue weighted by atomic mass is 16.5. The first-order chi connectivity index (χ1) is 14.0. The number of benzene rings is 2. The Labute approximate surface area is 169 Å². The summed E-state index contributed by atoms with van der Waals surface area (Å²) in [5.41, 5.74) is 5.03. The van der Waals surface area contributed by atoms with E-state index in [-0.39, 0.29) is 5.56 Å². The Kier molecular flexibility index (Phi) is 8.50. The molecule has 0 aromatic heterocycles. The molecule has 0 bridgehead atoms. The maximum absolute atomic E-state index is 12.2. The second-order valence-electron chi connectivity index (χ2n) is 6.01. The van der Waals surface area contributed by atoms with Gasteiger partial charge in [0.1, 0.15) is 0 Å². The molecule has 0 radical (unpaired) electrons. The number of ether oxygens (including phenoxy) is 3. The lowest BCUT2D eigenvalue weighted by atomic mass is 10.2. The van der Waals surface area contributed by atoms with E-state index in [1.54, 1.807) is 36.4 Å². The molecular formula is C21H24N2O6. The molecule has 2 rings (SSSR count). The molecule has 0 atom stereocenters. The van der Waals surface area contributed by atoms with Crippen molar-refractivity contribution >= 4 is 17.8 Å². The van der Waals surface area contributed by atoms with Gasteiger partial charge in [-0.1, -0.05) is 31.5 Å². The smallest absolute Gasteiger partial charge is 0.338 e. The first-order valence-electron chi connectivity index (χ1n) is 9.17. The molecule has 0 fully saturated rings. The number of hydrogen-bond acceptors (Lipinski definition) is 6. The van der Waals surface area contributed by atoms with E-state index in [4.69, 9.17) is 14.2 Å². The SMILES string of the molecule is CCCCOc1ccc(C(=O)OCC(=O)NNC(=O)c2ccccc2)cc1OC. The van der Waals surface area contributed by atoms with Crippen LogP contribution in [-0.2, 0) is 9.53 Å². The second-order valence-corrected chi connectivity index (χ2v) is 6.01. The van der Waals surface area contributed by atoms with Crippen molar-refractivity contribution in [3.63, 3.8) is 0 Å². The summed E-state index contributed by atoms with van der Waals surface area (Å²) in [6, 6.07) is 13.0. The minimum atomic E-state index is -0.701. The molecule has 0 saturated carbocycles. The predicted molar refractivity (Wildman–Crippen MR) is 106 cm³/mol. The molecule has 2 N–H and O–H groups in total. The Balaban J connectivity index is 1.83. The van der Waals surface area contributed by atoms with E-state index >= 15 is 0 Å². The largest absolute Gasteiger partial charge is 0.493 e. The third-order valence-electron chi connectivity index (χ3n) is 3.84. The Bertz CT molecular complexity index is 838. The van der Waals surface area contributed by atoms with Gasteiger partial charge in [0.05, 0.1) is 19.3 Å². The van der Waals surface area contributed by atoms with Gasteiger partial charge in [-0.25, -0.2) is 4.79 Å². The number of hydrogen-bond donors (Lipinski definition) is 2. The van der Waals surface area contributed by atoms with Crippen molar-refractivity contribution in [2.24, 2.45) is 0 Å². The summed E-state index contributed by atoms with van der Waals surface area (Å²) in [6.07, 6.45) is 1.91. The van der Waals surface area contributed by atoms with Crippen molar-refractivity contribution in [2.45, 2.75) is 19.8 Å². The number of nitrogens with one attached hydrogen (secondary N) is 2. The molecule has 0 aliphatic heterocycles. The highest BCUT2D eigenvalue weighted by Gasteiger charge is 2.14. The molecule has 2 aromatic carbocycles. The van der Waals surface area contributed by atoms with Crippen molar-refractivity contribution in [1.29, 1.82) is 0 Å². The highest BCUT2D eigenvalue weighted by molar-refractivity contribution is 5.96. The first kappa shape index (κ1) is 21.7. The van der Waals surface area contributed by atoms with Gasteiger partial charge >= 0.3 is 5.97 Å². The quantitative estimate of drug-likeness (QED) is 0.381. The van der Waals surface area contributed by atoms with Gasteiger partial charge in [-0.05, 0) is 36.8 Å². The molecule has 154 valence electrons. The number of esters is 1. The fourth-order valence-corrected chi connectivity index (χ4v) is 2.28. The van der Waals surface area contributed by atoms with Crippen LogP contribution >= 0.6 is 0 Å². The molecule has 0 aliphatic rings. The number of hydrazine groups is 1. The molecule has 0 unspecified atom stereocenters. The van der Waals surface area contributed by atoms with Crippen LogP contribution in [-0.4, -0.2) is 38.1 Å². The number of methoxy groups -OCH3 is 1. The molecule has 0 spiro atoms. The average molecular weight is 400 g/mol. The lowest BCUT2D eigenvalue weighted by Gasteiger charge is -2.12. The molecule has 0 aliphatic carbocycles. The zero-order valence-corrected chi connectivity index (χ0v) is 16.4. The van der Waals surface area contributed by atoms with Gasteiger partial charge in [0.2, 0.25) is 0 Å². The highest BCUT2D eigenvalue weighted by Crippen LogP contribution is 2.28. The fourth-order valence-electron chi connectivity index (χ4n) is 2.28. The minimum Gasteiger partial charge on any atom is -0.493 e. The Morgan fingerprint density at radius 3 is 2.38 bits per heavy atom. The van der Waals surface area contributed by atoms with Crippen molar-refractivity contribution < 1.29 is 28.6 Å². The summed E-state index contributed by atoms with van der Waals surface area (Å²) in [6.45, 7) is 2.05. The van der Waals surface area contributed by atoms with E-state index in [0.717, 1.165) is 12.8 Å². The number of unbranched alkanes of at least 4 members (excludes halogenated alkanes) is 1. The van der Waals surface area contributed by atoms with Gasteiger partial charge in [0, 0.05) is 5.56 Å². The zero-order chi connectivity index (χ0) is 21.1. The Morgan fingerprint density at radius 2 is 1.69 bits per heavy atom. The van der Waals surface area contributed by atoms with Crippen LogP contribution in [0.1, 0.15) is 40.5 Å². The van der Waals surface area contributed by atoms with Crippen LogP contribution < -0.4 is 20.3 Å². The predicted octanol–water partition coefficient (Wildman–Crippen LogP) is 2.49. The molecule has 8 heteroatoms. The third kappa shape index (κ3) is 6.84. The topological polar surface area (TPSA) is 103 Å². The van der Waals surface area contributed by atoms with Gasteiger partial charge in [0.15, 0.2) is 18.1 Å². The van der Waals surface area contributed by atoms with E-state index in [0.29, 0.717) is 23.7 Å². The Morgan fingerprint density at radius 1 is 0.931 bits per heavy atom. The zero-order valence-electron chi connectivity index (χ0n) is 16.4. The monoisotopic (exact) mass is 400 g/mol. The number of amides is 2. The summed E-state index contributed by atoms with van der Waals surface area (Å²) >= 11 is 0. The maximum atomic E-state index is 12.2. The first-order valence-corrected chi connectivity index (χ1v) is 9.17. The summed E-state index contributed by atoms with van der Waals surface area (Å²) in [4.78, 5) is 35.8. The molecule has 0 saturated heterocycles. The van der Waals surface area contributed by atoms with E-state index in [1.165, 1.54) is 19.2 Å². The van der Waals surface area contributed by atoms with Gasteiger partial charge in [-0.3, -0.25) is 20.4 Å². The lowest BCUT2D eigenvalue weighted by molar-refractivity contribution is -0.125. The van der Waals surface area contributed by atoms with Crippen LogP contribution in [0.25, 0.3) is 0 Å². The Hall–Kier alpha value is -3.55. The van der Waals surface area contributed by atoms with Crippen LogP contribution in [0, 0.1) is 0 Å². The van der Waals surface area contributed by atoms with Gasteiger partial charge in [0.25, 0.3) is 11.8 Å². The van der Waals surface area contributed by atoms with Gasteiger partial charge < -0.3 is 14.2 Å². The van der Waals surface area contributed by atoms with Crippen molar-refractivity contribution in [1.82, 2.24) is 10.9 Å². The average Bonchev–Trinajstić information content (AvgIpc) is 2.76. The van der Waals surface area contributed by atoms with Crippen molar-refractivity contribution in [2.75, 3.05) is 20.3 Å². The lowest BCUT2D eigenvalue weighted by Crippen LogP contribution is -2.43. The third-order valence-corrected chi connectivity index (χ3v) is 3.84. The van der Waals surface area contributed by atoms with E-state index < -0.39 is 24.4 Å². The fraction of sp³-hybridized carbons (Fsp3) is 0.286. The van der Waals surface area contributed by atoms with Crippen molar-refractivity contribution in [3.05, 3.63) is 59.7 Å². The van der Waals surface area contributed by atoms with Gasteiger partial charge in [-0.2, -0.15) is 0 Å². The molecular weight excluding hydrogens is 376 g/mol. The normalized spacial score (nSPS) is 10.0. The van der Waals surface area contributed by atoms with E-state index in [9.17, 15) is 14.4 Å². The second kappa shape index (κ2) is 11.3. The summed E-state index contributed by atoms with van der Waals surface area (Å²) in [7, 11) is 1.47. The van der Waals surface area contributed by atoms with E-state index in [1.807, 2.05) is 0 Å². The molecule has 2 aromatic rings. The summed E-state index contributed by atoms with van der Waals surface area (Å²) < 4.78 is 15.8. The van der Waals surface area contributed by atoms with E-state index in [2.05, 4.69) is 17.8 Å². The number of carbonyl (C=O) groups is 3. The van der Waals surface area contributed by atoms with Crippen LogP contribution in [0.4, 0.5) is 0 Å². The molecule has 0 heterocycles. The van der Waals surface area contributed by atoms with Crippen LogP contribution in [0.3, 0.4) is 0 Å². The summed E-state index contributed by atoms with van der Waals surface area (Å²) in [5, 5.41) is 0. The van der Waals surface area contributed by atoms with Crippen LogP contribution in [0.15, 0.2) is 48.5 Å². The summed E-state index contributed by atoms with van der Waals surface area (Å²) in [5.74, 6) is -0.926. The van der Waals surface area contributed by atoms with Gasteiger partial charge in [-0.15, -0.1) is 0 Å².